The first-order valence-electron chi connectivity index (χ1n) is 5.60. The molecule has 0 aliphatic rings. The van der Waals surface area contributed by atoms with E-state index >= 15 is 0 Å². The summed E-state index contributed by atoms with van der Waals surface area (Å²) in [7, 11) is 0. The van der Waals surface area contributed by atoms with Crippen molar-refractivity contribution in [2.45, 2.75) is 19.8 Å². The smallest absolute Gasteiger partial charge is 0.182 e. The molecule has 3 heteroatoms. The van der Waals surface area contributed by atoms with Crippen LogP contribution in [0.2, 0.25) is 0 Å². The van der Waals surface area contributed by atoms with Gasteiger partial charge in [0, 0.05) is 11.9 Å². The molecule has 84 valence electrons. The van der Waals surface area contributed by atoms with Crippen LogP contribution in [0.25, 0.3) is 0 Å². The van der Waals surface area contributed by atoms with Gasteiger partial charge in [-0.1, -0.05) is 37.3 Å². The zero-order valence-electron chi connectivity index (χ0n) is 9.44. The Bertz CT molecular complexity index is 423. The van der Waals surface area contributed by atoms with Crippen molar-refractivity contribution in [2.75, 3.05) is 11.9 Å². The molecule has 0 saturated heterocycles. The van der Waals surface area contributed by atoms with Crippen molar-refractivity contribution >= 4 is 16.5 Å². The SMILES string of the molecule is CCc1csc(NCCc2ccccc2)n1. The Labute approximate surface area is 100 Å². The molecular formula is C13H16N2S. The van der Waals surface area contributed by atoms with E-state index < -0.39 is 0 Å². The van der Waals surface area contributed by atoms with Gasteiger partial charge in [0.25, 0.3) is 0 Å². The predicted molar refractivity (Wildman–Crippen MR) is 70.1 cm³/mol. The quantitative estimate of drug-likeness (QED) is 0.855. The van der Waals surface area contributed by atoms with Gasteiger partial charge in [0.15, 0.2) is 5.13 Å². The number of aryl methyl sites for hydroxylation is 1. The average Bonchev–Trinajstić information content (AvgIpc) is 2.78. The summed E-state index contributed by atoms with van der Waals surface area (Å²) in [5.74, 6) is 0. The summed E-state index contributed by atoms with van der Waals surface area (Å²) in [6.07, 6.45) is 2.05. The summed E-state index contributed by atoms with van der Waals surface area (Å²) in [6, 6.07) is 10.5. The highest BCUT2D eigenvalue weighted by Gasteiger charge is 1.99. The zero-order valence-corrected chi connectivity index (χ0v) is 10.3. The minimum Gasteiger partial charge on any atom is -0.361 e. The fourth-order valence-corrected chi connectivity index (χ4v) is 2.33. The predicted octanol–water partition coefficient (Wildman–Crippen LogP) is 3.36. The van der Waals surface area contributed by atoms with Crippen molar-refractivity contribution < 1.29 is 0 Å². The summed E-state index contributed by atoms with van der Waals surface area (Å²) in [6.45, 7) is 3.07. The maximum atomic E-state index is 4.47. The van der Waals surface area contributed by atoms with Crippen LogP contribution in [-0.4, -0.2) is 11.5 Å². The molecule has 0 unspecified atom stereocenters. The first kappa shape index (κ1) is 11.1. The molecule has 0 spiro atoms. The number of aromatic nitrogens is 1. The highest BCUT2D eigenvalue weighted by molar-refractivity contribution is 7.13. The Morgan fingerprint density at radius 3 is 2.75 bits per heavy atom. The second-order valence-electron chi connectivity index (χ2n) is 3.66. The molecule has 0 atom stereocenters. The van der Waals surface area contributed by atoms with Crippen LogP contribution in [-0.2, 0) is 12.8 Å². The van der Waals surface area contributed by atoms with Crippen LogP contribution in [0.15, 0.2) is 35.7 Å². The van der Waals surface area contributed by atoms with Crippen LogP contribution >= 0.6 is 11.3 Å². The normalized spacial score (nSPS) is 10.3. The van der Waals surface area contributed by atoms with Crippen molar-refractivity contribution in [1.29, 1.82) is 0 Å². The van der Waals surface area contributed by atoms with Crippen molar-refractivity contribution in [3.63, 3.8) is 0 Å². The first-order valence-corrected chi connectivity index (χ1v) is 6.48. The number of nitrogens with zero attached hydrogens (tertiary/aromatic N) is 1. The Hall–Kier alpha value is -1.35. The fraction of sp³-hybridized carbons (Fsp3) is 0.308. The van der Waals surface area contributed by atoms with Gasteiger partial charge >= 0.3 is 0 Å². The topological polar surface area (TPSA) is 24.9 Å². The Balaban J connectivity index is 1.80. The monoisotopic (exact) mass is 232 g/mol. The molecule has 1 heterocycles. The highest BCUT2D eigenvalue weighted by atomic mass is 32.1. The number of anilines is 1. The third-order valence-electron chi connectivity index (χ3n) is 2.45. The zero-order chi connectivity index (χ0) is 11.2. The minimum absolute atomic E-state index is 0.945. The number of nitrogens with one attached hydrogen (secondary N) is 1. The van der Waals surface area contributed by atoms with Crippen molar-refractivity contribution in [1.82, 2.24) is 4.98 Å². The second-order valence-corrected chi connectivity index (χ2v) is 4.52. The van der Waals surface area contributed by atoms with Crippen LogP contribution in [0.1, 0.15) is 18.2 Å². The molecule has 2 rings (SSSR count). The molecule has 2 nitrogen and oxygen atoms in total. The van der Waals surface area contributed by atoms with Crippen molar-refractivity contribution in [2.24, 2.45) is 0 Å². The van der Waals surface area contributed by atoms with E-state index in [0.29, 0.717) is 0 Å². The second kappa shape index (κ2) is 5.66. The molecule has 0 saturated carbocycles. The molecule has 16 heavy (non-hydrogen) atoms. The van der Waals surface area contributed by atoms with Gasteiger partial charge in [0.2, 0.25) is 0 Å². The largest absolute Gasteiger partial charge is 0.361 e. The van der Waals surface area contributed by atoms with Gasteiger partial charge in [-0.05, 0) is 18.4 Å². The van der Waals surface area contributed by atoms with E-state index in [1.807, 2.05) is 6.07 Å². The van der Waals surface area contributed by atoms with Crippen LogP contribution in [0.4, 0.5) is 5.13 Å². The molecule has 0 bridgehead atoms. The molecule has 1 aromatic carbocycles. The molecule has 1 N–H and O–H groups in total. The lowest BCUT2D eigenvalue weighted by Crippen LogP contribution is -2.04. The molecule has 0 radical (unpaired) electrons. The van der Waals surface area contributed by atoms with Gasteiger partial charge in [0.1, 0.15) is 0 Å². The number of benzene rings is 1. The van der Waals surface area contributed by atoms with Crippen molar-refractivity contribution in [3.8, 4) is 0 Å². The lowest BCUT2D eigenvalue weighted by atomic mass is 10.2. The third-order valence-corrected chi connectivity index (χ3v) is 3.30. The standard InChI is InChI=1S/C13H16N2S/c1-2-12-10-16-13(15-12)14-9-8-11-6-4-3-5-7-11/h3-7,10H,2,8-9H2,1H3,(H,14,15). The number of thiazole rings is 1. The van der Waals surface area contributed by atoms with Gasteiger partial charge in [-0.15, -0.1) is 11.3 Å². The van der Waals surface area contributed by atoms with E-state index in [1.165, 1.54) is 11.3 Å². The van der Waals surface area contributed by atoms with Gasteiger partial charge in [-0.2, -0.15) is 0 Å². The minimum atomic E-state index is 0.945. The van der Waals surface area contributed by atoms with Crippen LogP contribution in [0.5, 0.6) is 0 Å². The van der Waals surface area contributed by atoms with Gasteiger partial charge in [0.05, 0.1) is 5.69 Å². The number of rotatable bonds is 5. The van der Waals surface area contributed by atoms with E-state index in [0.717, 1.165) is 24.5 Å². The van der Waals surface area contributed by atoms with E-state index in [2.05, 4.69) is 46.9 Å². The highest BCUT2D eigenvalue weighted by Crippen LogP contribution is 2.15. The Morgan fingerprint density at radius 2 is 2.06 bits per heavy atom. The van der Waals surface area contributed by atoms with Crippen molar-refractivity contribution in [3.05, 3.63) is 47.0 Å². The lowest BCUT2D eigenvalue weighted by molar-refractivity contribution is 1.00. The van der Waals surface area contributed by atoms with E-state index in [1.54, 1.807) is 11.3 Å². The van der Waals surface area contributed by atoms with Crippen LogP contribution in [0.3, 0.4) is 0 Å². The summed E-state index contributed by atoms with van der Waals surface area (Å²) in [5, 5.41) is 6.51. The fourth-order valence-electron chi connectivity index (χ4n) is 1.51. The molecule has 0 fully saturated rings. The Morgan fingerprint density at radius 1 is 1.25 bits per heavy atom. The lowest BCUT2D eigenvalue weighted by Gasteiger charge is -2.02. The van der Waals surface area contributed by atoms with E-state index in [4.69, 9.17) is 0 Å². The van der Waals surface area contributed by atoms with Crippen LogP contribution in [0, 0.1) is 0 Å². The van der Waals surface area contributed by atoms with E-state index in [-0.39, 0.29) is 0 Å². The average molecular weight is 232 g/mol. The molecule has 0 aliphatic carbocycles. The molecule has 0 aliphatic heterocycles. The maximum Gasteiger partial charge on any atom is 0.182 e. The van der Waals surface area contributed by atoms with Gasteiger partial charge in [-0.3, -0.25) is 0 Å². The van der Waals surface area contributed by atoms with Gasteiger partial charge < -0.3 is 5.32 Å². The summed E-state index contributed by atoms with van der Waals surface area (Å²) >= 11 is 1.69. The molecule has 2 aromatic rings. The molecule has 1 aromatic heterocycles. The summed E-state index contributed by atoms with van der Waals surface area (Å²) in [5.41, 5.74) is 2.54. The molecule has 0 amide bonds. The third kappa shape index (κ3) is 3.07. The first-order chi connectivity index (χ1) is 7.88. The van der Waals surface area contributed by atoms with E-state index in [9.17, 15) is 0 Å². The Kier molecular flexibility index (Phi) is 3.94. The van der Waals surface area contributed by atoms with Gasteiger partial charge in [-0.25, -0.2) is 4.98 Å². The molecular weight excluding hydrogens is 216 g/mol. The maximum absolute atomic E-state index is 4.47. The number of hydrogen-bond donors (Lipinski definition) is 1. The van der Waals surface area contributed by atoms with Crippen LogP contribution < -0.4 is 5.32 Å². The summed E-state index contributed by atoms with van der Waals surface area (Å²) < 4.78 is 0. The summed E-state index contributed by atoms with van der Waals surface area (Å²) in [4.78, 5) is 4.47. The number of hydrogen-bond acceptors (Lipinski definition) is 3.